The van der Waals surface area contributed by atoms with Crippen molar-refractivity contribution in [2.75, 3.05) is 13.7 Å². The molecule has 134 valence electrons. The second kappa shape index (κ2) is 9.59. The Morgan fingerprint density at radius 3 is 2.38 bits per heavy atom. The average Bonchev–Trinajstić information content (AvgIpc) is 2.50. The quantitative estimate of drug-likeness (QED) is 0.543. The van der Waals surface area contributed by atoms with E-state index in [2.05, 4.69) is 61.2 Å². The molecule has 0 heterocycles. The largest absolute Gasteiger partial charge is 0.383 e. The van der Waals surface area contributed by atoms with Crippen LogP contribution in [0.1, 0.15) is 45.2 Å². The summed E-state index contributed by atoms with van der Waals surface area (Å²) in [6.07, 6.45) is 1.09. The molecule has 0 saturated carbocycles. The molecule has 1 amide bonds. The first-order chi connectivity index (χ1) is 11.2. The fourth-order valence-corrected chi connectivity index (χ4v) is 2.42. The fraction of sp³-hybridized carbons (Fsp3) is 0.556. The first-order valence-electron chi connectivity index (χ1n) is 8.16. The molecule has 1 aromatic carbocycles. The van der Waals surface area contributed by atoms with E-state index in [1.807, 2.05) is 6.92 Å². The van der Waals surface area contributed by atoms with Gasteiger partial charge in [-0.05, 0) is 42.1 Å². The van der Waals surface area contributed by atoms with Crippen LogP contribution in [0.2, 0.25) is 0 Å². The molecule has 3 N–H and O–H groups in total. The molecule has 6 heteroatoms. The maximum Gasteiger partial charge on any atom is 0.238 e. The Balaban J connectivity index is 2.32. The number of hydrazine groups is 1. The van der Waals surface area contributed by atoms with Gasteiger partial charge in [-0.25, -0.2) is 0 Å². The molecule has 0 saturated heterocycles. The zero-order valence-corrected chi connectivity index (χ0v) is 16.0. The van der Waals surface area contributed by atoms with Gasteiger partial charge in [0, 0.05) is 19.6 Å². The number of amides is 1. The van der Waals surface area contributed by atoms with E-state index in [9.17, 15) is 4.79 Å². The third kappa shape index (κ3) is 7.75. The van der Waals surface area contributed by atoms with Crippen molar-refractivity contribution < 1.29 is 9.53 Å². The highest BCUT2D eigenvalue weighted by molar-refractivity contribution is 7.80. The highest BCUT2D eigenvalue weighted by Crippen LogP contribution is 2.22. The minimum atomic E-state index is -0.0987. The van der Waals surface area contributed by atoms with Crippen LogP contribution in [0.25, 0.3) is 0 Å². The summed E-state index contributed by atoms with van der Waals surface area (Å²) in [6.45, 7) is 9.05. The Hall–Kier alpha value is -1.66. The van der Waals surface area contributed by atoms with Crippen LogP contribution in [0, 0.1) is 0 Å². The lowest BCUT2D eigenvalue weighted by molar-refractivity contribution is -0.121. The van der Waals surface area contributed by atoms with Gasteiger partial charge >= 0.3 is 0 Å². The molecule has 0 spiro atoms. The lowest BCUT2D eigenvalue weighted by Gasteiger charge is -2.19. The number of aryl methyl sites for hydroxylation is 1. The summed E-state index contributed by atoms with van der Waals surface area (Å²) in [4.78, 5) is 11.9. The number of carbonyl (C=O) groups is 1. The first-order valence-corrected chi connectivity index (χ1v) is 8.57. The highest BCUT2D eigenvalue weighted by atomic mass is 32.1. The molecule has 24 heavy (non-hydrogen) atoms. The predicted molar refractivity (Wildman–Crippen MR) is 102 cm³/mol. The molecular formula is C18H29N3O2S. The second-order valence-electron chi connectivity index (χ2n) is 6.95. The summed E-state index contributed by atoms with van der Waals surface area (Å²) in [7, 11) is 1.63. The zero-order chi connectivity index (χ0) is 18.2. The van der Waals surface area contributed by atoms with Gasteiger partial charge in [-0.2, -0.15) is 0 Å². The number of ether oxygens (including phenoxy) is 1. The highest BCUT2D eigenvalue weighted by Gasteiger charge is 2.13. The molecule has 0 bridgehead atoms. The van der Waals surface area contributed by atoms with Gasteiger partial charge in [0.15, 0.2) is 5.11 Å². The molecule has 5 nitrogen and oxygen atoms in total. The summed E-state index contributed by atoms with van der Waals surface area (Å²) in [6, 6.07) is 8.50. The molecular weight excluding hydrogens is 322 g/mol. The number of thiocarbonyl (C=S) groups is 1. The van der Waals surface area contributed by atoms with E-state index in [-0.39, 0.29) is 17.4 Å². The summed E-state index contributed by atoms with van der Waals surface area (Å²) < 4.78 is 5.01. The molecule has 0 aromatic heterocycles. The standard InChI is InChI=1S/C18H29N3O2S/c1-13(12-23-5)19-17(24)21-20-16(22)11-8-14-6-9-15(10-7-14)18(2,3)4/h6-7,9-10,13H,8,11-12H2,1-5H3,(H,20,22)(H2,19,21,24)/t13-/m1/s1. The van der Waals surface area contributed by atoms with Crippen molar-refractivity contribution in [3.05, 3.63) is 35.4 Å². The van der Waals surface area contributed by atoms with Crippen LogP contribution in [-0.2, 0) is 21.4 Å². The molecule has 0 aliphatic heterocycles. The third-order valence-electron chi connectivity index (χ3n) is 3.57. The number of methoxy groups -OCH3 is 1. The van der Waals surface area contributed by atoms with E-state index in [1.165, 1.54) is 5.56 Å². The number of benzene rings is 1. The van der Waals surface area contributed by atoms with E-state index >= 15 is 0 Å². The molecule has 0 radical (unpaired) electrons. The van der Waals surface area contributed by atoms with E-state index in [1.54, 1.807) is 7.11 Å². The van der Waals surface area contributed by atoms with Crippen molar-refractivity contribution in [3.63, 3.8) is 0 Å². The number of carbonyl (C=O) groups excluding carboxylic acids is 1. The minimum Gasteiger partial charge on any atom is -0.383 e. The first kappa shape index (κ1) is 20.4. The van der Waals surface area contributed by atoms with Crippen molar-refractivity contribution in [2.45, 2.75) is 52.0 Å². The number of nitrogens with one attached hydrogen (secondary N) is 3. The van der Waals surface area contributed by atoms with Crippen LogP contribution in [0.15, 0.2) is 24.3 Å². The average molecular weight is 352 g/mol. The lowest BCUT2D eigenvalue weighted by Crippen LogP contribution is -2.50. The number of hydrogen-bond donors (Lipinski definition) is 3. The van der Waals surface area contributed by atoms with E-state index in [0.29, 0.717) is 24.6 Å². The van der Waals surface area contributed by atoms with Gasteiger partial charge in [-0.15, -0.1) is 0 Å². The third-order valence-corrected chi connectivity index (χ3v) is 3.79. The molecule has 1 rings (SSSR count). The topological polar surface area (TPSA) is 62.4 Å². The SMILES string of the molecule is COC[C@@H](C)NC(=S)NNC(=O)CCc1ccc(C(C)(C)C)cc1. The zero-order valence-electron chi connectivity index (χ0n) is 15.2. The van der Waals surface area contributed by atoms with Gasteiger partial charge in [-0.1, -0.05) is 45.0 Å². The van der Waals surface area contributed by atoms with Crippen molar-refractivity contribution in [1.29, 1.82) is 0 Å². The smallest absolute Gasteiger partial charge is 0.238 e. The minimum absolute atomic E-state index is 0.0771. The Morgan fingerprint density at radius 2 is 1.83 bits per heavy atom. The molecule has 0 aliphatic carbocycles. The van der Waals surface area contributed by atoms with Crippen LogP contribution in [0.5, 0.6) is 0 Å². The van der Waals surface area contributed by atoms with Crippen molar-refractivity contribution in [1.82, 2.24) is 16.2 Å². The summed E-state index contributed by atoms with van der Waals surface area (Å²) in [5.41, 5.74) is 7.88. The van der Waals surface area contributed by atoms with Crippen LogP contribution in [0.3, 0.4) is 0 Å². The maximum absolute atomic E-state index is 11.9. The van der Waals surface area contributed by atoms with Crippen molar-refractivity contribution in [3.8, 4) is 0 Å². The Morgan fingerprint density at radius 1 is 1.21 bits per heavy atom. The van der Waals surface area contributed by atoms with Gasteiger partial charge < -0.3 is 10.1 Å². The Labute approximate surface area is 150 Å². The monoisotopic (exact) mass is 351 g/mol. The lowest BCUT2D eigenvalue weighted by atomic mass is 9.86. The Kier molecular flexibility index (Phi) is 8.15. The molecule has 0 aliphatic rings. The molecule has 1 atom stereocenters. The summed E-state index contributed by atoms with van der Waals surface area (Å²) >= 11 is 5.10. The fourth-order valence-electron chi connectivity index (χ4n) is 2.17. The predicted octanol–water partition coefficient (Wildman–Crippen LogP) is 2.45. The molecule has 1 aromatic rings. The van der Waals surface area contributed by atoms with E-state index in [4.69, 9.17) is 17.0 Å². The summed E-state index contributed by atoms with van der Waals surface area (Å²) in [5.74, 6) is -0.0987. The van der Waals surface area contributed by atoms with Crippen molar-refractivity contribution in [2.24, 2.45) is 0 Å². The van der Waals surface area contributed by atoms with Crippen LogP contribution >= 0.6 is 12.2 Å². The van der Waals surface area contributed by atoms with Gasteiger partial charge in [-0.3, -0.25) is 15.6 Å². The normalized spacial score (nSPS) is 12.4. The Bertz CT molecular complexity index is 538. The van der Waals surface area contributed by atoms with E-state index in [0.717, 1.165) is 5.56 Å². The van der Waals surface area contributed by atoms with E-state index < -0.39 is 0 Å². The van der Waals surface area contributed by atoms with Gasteiger partial charge in [0.25, 0.3) is 0 Å². The van der Waals surface area contributed by atoms with Gasteiger partial charge in [0.1, 0.15) is 0 Å². The van der Waals surface area contributed by atoms with Crippen LogP contribution in [0.4, 0.5) is 0 Å². The van der Waals surface area contributed by atoms with Gasteiger partial charge in [0.2, 0.25) is 5.91 Å². The van der Waals surface area contributed by atoms with Crippen molar-refractivity contribution >= 4 is 23.2 Å². The maximum atomic E-state index is 11.9. The summed E-state index contributed by atoms with van der Waals surface area (Å²) in [5, 5.41) is 3.39. The molecule has 0 fully saturated rings. The number of hydrogen-bond acceptors (Lipinski definition) is 3. The van der Waals surface area contributed by atoms with Crippen LogP contribution < -0.4 is 16.2 Å². The van der Waals surface area contributed by atoms with Gasteiger partial charge in [0.05, 0.1) is 6.61 Å². The molecule has 0 unspecified atom stereocenters. The number of rotatable bonds is 6. The second-order valence-corrected chi connectivity index (χ2v) is 7.36. The van der Waals surface area contributed by atoms with Crippen LogP contribution in [-0.4, -0.2) is 30.8 Å².